The molecule has 172 valence electrons. The average Bonchev–Trinajstić information content (AvgIpc) is 3.35. The van der Waals surface area contributed by atoms with Crippen LogP contribution in [0.15, 0.2) is 84.0 Å². The quantitative estimate of drug-likeness (QED) is 0.252. The standard InChI is InChI=1S/C26H18N4O5/c31-24(17-7-3-8-19(14-17)30(34)35)23-22-21(20-9-4-12-27-29(20)23)25(32)28(26(22)33)18-11-10-15-5-1-2-6-16(15)13-18/h1-14,20-23H/t20-,21-,22-,23+/m0/s1. The molecule has 0 radical (unpaired) electrons. The molecule has 3 aliphatic heterocycles. The molecule has 9 nitrogen and oxygen atoms in total. The SMILES string of the molecule is O=C(c1cccc([N+](=O)[O-])c1)[C@H]1[C@H]2C(=O)N(c3ccc4ccccc4c3)C(=O)[C@H]2[C@@H]2C=CC=NN21. The lowest BCUT2D eigenvalue weighted by atomic mass is 9.86. The number of benzene rings is 3. The number of non-ortho nitro benzene ring substituents is 1. The number of nitrogens with zero attached hydrogens (tertiary/aromatic N) is 4. The van der Waals surface area contributed by atoms with Gasteiger partial charge in [0.2, 0.25) is 11.8 Å². The number of ketones is 1. The maximum atomic E-state index is 13.7. The number of hydrogen-bond donors (Lipinski definition) is 0. The maximum absolute atomic E-state index is 13.7. The Hall–Kier alpha value is -4.66. The van der Waals surface area contributed by atoms with Crippen molar-refractivity contribution in [2.24, 2.45) is 16.9 Å². The lowest BCUT2D eigenvalue weighted by Crippen LogP contribution is -2.46. The Morgan fingerprint density at radius 3 is 2.49 bits per heavy atom. The Kier molecular flexibility index (Phi) is 4.60. The molecule has 3 aromatic carbocycles. The topological polar surface area (TPSA) is 113 Å². The molecule has 2 saturated heterocycles. The van der Waals surface area contributed by atoms with Gasteiger partial charge in [-0.25, -0.2) is 4.90 Å². The van der Waals surface area contributed by atoms with Crippen LogP contribution in [0.2, 0.25) is 0 Å². The zero-order chi connectivity index (χ0) is 24.3. The number of Topliss-reactive ketones (excluding diaryl/α,β-unsaturated/α-hetero) is 1. The van der Waals surface area contributed by atoms with Crippen LogP contribution in [0.4, 0.5) is 11.4 Å². The third-order valence-electron chi connectivity index (χ3n) is 6.89. The molecule has 4 atom stereocenters. The third kappa shape index (κ3) is 3.08. The number of carbonyl (C=O) groups excluding carboxylic acids is 3. The summed E-state index contributed by atoms with van der Waals surface area (Å²) in [6, 6.07) is 16.8. The Labute approximate surface area is 199 Å². The fourth-order valence-electron chi connectivity index (χ4n) is 5.35. The van der Waals surface area contributed by atoms with Crippen molar-refractivity contribution in [2.75, 3.05) is 4.90 Å². The fourth-order valence-corrected chi connectivity index (χ4v) is 5.35. The molecule has 6 rings (SSSR count). The number of carbonyl (C=O) groups is 3. The van der Waals surface area contributed by atoms with Crippen molar-refractivity contribution in [3.05, 3.63) is 94.6 Å². The van der Waals surface area contributed by atoms with E-state index >= 15 is 0 Å². The van der Waals surface area contributed by atoms with Crippen LogP contribution in [0, 0.1) is 22.0 Å². The normalized spacial score (nSPS) is 24.7. The molecule has 0 aromatic heterocycles. The van der Waals surface area contributed by atoms with Gasteiger partial charge >= 0.3 is 0 Å². The van der Waals surface area contributed by atoms with Gasteiger partial charge in [0.05, 0.1) is 28.5 Å². The second kappa shape index (κ2) is 7.69. The zero-order valence-corrected chi connectivity index (χ0v) is 18.2. The zero-order valence-electron chi connectivity index (χ0n) is 18.2. The Bertz CT molecular complexity index is 1500. The average molecular weight is 466 g/mol. The summed E-state index contributed by atoms with van der Waals surface area (Å²) in [5.41, 5.74) is 0.317. The molecule has 0 aliphatic carbocycles. The predicted octanol–water partition coefficient (Wildman–Crippen LogP) is 3.34. The predicted molar refractivity (Wildman–Crippen MR) is 128 cm³/mol. The van der Waals surface area contributed by atoms with E-state index < -0.39 is 40.5 Å². The Balaban J connectivity index is 1.43. The minimum Gasteiger partial charge on any atom is -0.292 e. The molecule has 2 amide bonds. The molecule has 0 spiro atoms. The summed E-state index contributed by atoms with van der Waals surface area (Å²) >= 11 is 0. The summed E-state index contributed by atoms with van der Waals surface area (Å²) in [6.07, 6.45) is 4.96. The largest absolute Gasteiger partial charge is 0.292 e. The molecule has 0 bridgehead atoms. The number of imide groups is 1. The van der Waals surface area contributed by atoms with E-state index in [1.54, 1.807) is 24.3 Å². The number of allylic oxidation sites excluding steroid dienone is 1. The Morgan fingerprint density at radius 2 is 1.69 bits per heavy atom. The number of anilines is 1. The van der Waals surface area contributed by atoms with Gasteiger partial charge in [0.1, 0.15) is 6.04 Å². The van der Waals surface area contributed by atoms with E-state index in [4.69, 9.17) is 0 Å². The monoisotopic (exact) mass is 466 g/mol. The van der Waals surface area contributed by atoms with E-state index in [-0.39, 0.29) is 17.2 Å². The van der Waals surface area contributed by atoms with Crippen molar-refractivity contribution in [1.29, 1.82) is 0 Å². The number of hydrazone groups is 1. The highest BCUT2D eigenvalue weighted by atomic mass is 16.6. The number of fused-ring (bicyclic) bond motifs is 4. The van der Waals surface area contributed by atoms with Crippen LogP contribution in [-0.4, -0.2) is 45.8 Å². The molecule has 0 N–H and O–H groups in total. The van der Waals surface area contributed by atoms with Gasteiger partial charge in [-0.05, 0) is 29.0 Å². The summed E-state index contributed by atoms with van der Waals surface area (Å²) in [7, 11) is 0. The van der Waals surface area contributed by atoms with Crippen molar-refractivity contribution < 1.29 is 19.3 Å². The highest BCUT2D eigenvalue weighted by molar-refractivity contribution is 6.25. The first-order valence-corrected chi connectivity index (χ1v) is 11.1. The first-order chi connectivity index (χ1) is 17.0. The first kappa shape index (κ1) is 20.9. The van der Waals surface area contributed by atoms with Gasteiger partial charge in [-0.2, -0.15) is 5.10 Å². The number of nitro groups is 1. The Morgan fingerprint density at radius 1 is 0.914 bits per heavy atom. The first-order valence-electron chi connectivity index (χ1n) is 11.1. The third-order valence-corrected chi connectivity index (χ3v) is 6.89. The minimum atomic E-state index is -1.06. The van der Waals surface area contributed by atoms with Crippen molar-refractivity contribution in [3.63, 3.8) is 0 Å². The number of amides is 2. The molecule has 3 heterocycles. The van der Waals surface area contributed by atoms with Crippen LogP contribution in [0.25, 0.3) is 10.8 Å². The number of hydrogen-bond acceptors (Lipinski definition) is 7. The van der Waals surface area contributed by atoms with E-state index in [1.165, 1.54) is 40.4 Å². The van der Waals surface area contributed by atoms with Crippen molar-refractivity contribution >= 4 is 46.0 Å². The summed E-state index contributed by atoms with van der Waals surface area (Å²) in [5, 5.41) is 18.9. The van der Waals surface area contributed by atoms with Crippen LogP contribution < -0.4 is 4.90 Å². The second-order valence-electron chi connectivity index (χ2n) is 8.73. The van der Waals surface area contributed by atoms with Gasteiger partial charge < -0.3 is 0 Å². The molecule has 3 aliphatic rings. The van der Waals surface area contributed by atoms with Crippen LogP contribution in [0.1, 0.15) is 10.4 Å². The number of rotatable bonds is 4. The van der Waals surface area contributed by atoms with E-state index in [1.807, 2.05) is 30.3 Å². The second-order valence-corrected chi connectivity index (χ2v) is 8.73. The molecule has 35 heavy (non-hydrogen) atoms. The summed E-state index contributed by atoms with van der Waals surface area (Å²) < 4.78 is 0. The molecular weight excluding hydrogens is 448 g/mol. The molecule has 0 saturated carbocycles. The van der Waals surface area contributed by atoms with Crippen LogP contribution >= 0.6 is 0 Å². The number of nitro benzene ring substituents is 1. The summed E-state index contributed by atoms with van der Waals surface area (Å²) in [5.74, 6) is -3.11. The van der Waals surface area contributed by atoms with Gasteiger partial charge in [0.25, 0.3) is 5.69 Å². The maximum Gasteiger partial charge on any atom is 0.270 e. The highest BCUT2D eigenvalue weighted by Crippen LogP contribution is 2.46. The van der Waals surface area contributed by atoms with Crippen LogP contribution in [-0.2, 0) is 9.59 Å². The van der Waals surface area contributed by atoms with Gasteiger partial charge in [0, 0.05) is 23.9 Å². The highest BCUT2D eigenvalue weighted by Gasteiger charge is 2.64. The lowest BCUT2D eigenvalue weighted by molar-refractivity contribution is -0.384. The van der Waals surface area contributed by atoms with Gasteiger partial charge in [-0.1, -0.05) is 48.5 Å². The van der Waals surface area contributed by atoms with E-state index in [2.05, 4.69) is 5.10 Å². The van der Waals surface area contributed by atoms with Crippen molar-refractivity contribution in [2.45, 2.75) is 12.1 Å². The van der Waals surface area contributed by atoms with E-state index in [0.717, 1.165) is 10.8 Å². The van der Waals surface area contributed by atoms with E-state index in [9.17, 15) is 24.5 Å². The van der Waals surface area contributed by atoms with Crippen LogP contribution in [0.5, 0.6) is 0 Å². The van der Waals surface area contributed by atoms with Crippen LogP contribution in [0.3, 0.4) is 0 Å². The summed E-state index contributed by atoms with van der Waals surface area (Å²) in [4.78, 5) is 52.8. The van der Waals surface area contributed by atoms with Crippen molar-refractivity contribution in [3.8, 4) is 0 Å². The lowest BCUT2D eigenvalue weighted by Gasteiger charge is -2.30. The smallest absolute Gasteiger partial charge is 0.270 e. The minimum absolute atomic E-state index is 0.0951. The molecular formula is C26H18N4O5. The van der Waals surface area contributed by atoms with Gasteiger partial charge in [-0.3, -0.25) is 29.5 Å². The molecule has 9 heteroatoms. The van der Waals surface area contributed by atoms with Crippen molar-refractivity contribution in [1.82, 2.24) is 5.01 Å². The molecule has 0 unspecified atom stereocenters. The molecule has 3 aromatic rings. The van der Waals surface area contributed by atoms with Gasteiger partial charge in [-0.15, -0.1) is 0 Å². The van der Waals surface area contributed by atoms with E-state index in [0.29, 0.717) is 5.69 Å². The molecule has 2 fully saturated rings. The summed E-state index contributed by atoms with van der Waals surface area (Å²) in [6.45, 7) is 0. The van der Waals surface area contributed by atoms with Gasteiger partial charge in [0.15, 0.2) is 5.78 Å². The fraction of sp³-hybridized carbons (Fsp3) is 0.154.